The van der Waals surface area contributed by atoms with Crippen molar-refractivity contribution < 1.29 is 13.9 Å². The van der Waals surface area contributed by atoms with Crippen LogP contribution >= 0.6 is 0 Å². The molecule has 2 aromatic rings. The standard InChI is InChI=1S/C16H19N3O3/c20-15(12-10-11(18-19-12)13-2-1-7-22-13)17-14-3-4-16(14)5-8-21-9-6-16/h1-2,7,10,14H,3-6,8-9H2,(H,17,20)(H,18,19). The molecule has 22 heavy (non-hydrogen) atoms. The van der Waals surface area contributed by atoms with Crippen LogP contribution in [-0.2, 0) is 4.74 Å². The molecule has 1 aliphatic heterocycles. The van der Waals surface area contributed by atoms with Gasteiger partial charge in [0.05, 0.1) is 6.26 Å². The molecule has 2 fully saturated rings. The second kappa shape index (κ2) is 5.28. The van der Waals surface area contributed by atoms with Crippen LogP contribution in [-0.4, -0.2) is 35.4 Å². The van der Waals surface area contributed by atoms with Gasteiger partial charge in [-0.2, -0.15) is 5.10 Å². The fraction of sp³-hybridized carbons (Fsp3) is 0.500. The molecule has 1 spiro atoms. The lowest BCUT2D eigenvalue weighted by Gasteiger charge is -2.52. The second-order valence-corrected chi connectivity index (χ2v) is 6.18. The molecule has 1 unspecified atom stereocenters. The number of rotatable bonds is 3. The molecular weight excluding hydrogens is 282 g/mol. The predicted molar refractivity (Wildman–Crippen MR) is 79.3 cm³/mol. The van der Waals surface area contributed by atoms with E-state index in [-0.39, 0.29) is 17.4 Å². The third-order valence-corrected chi connectivity index (χ3v) is 5.06. The normalized spacial score (nSPS) is 23.2. The molecule has 1 saturated carbocycles. The highest BCUT2D eigenvalue weighted by molar-refractivity contribution is 5.93. The summed E-state index contributed by atoms with van der Waals surface area (Å²) in [7, 11) is 0. The molecule has 116 valence electrons. The summed E-state index contributed by atoms with van der Waals surface area (Å²) in [6, 6.07) is 5.61. The Balaban J connectivity index is 1.44. The van der Waals surface area contributed by atoms with Crippen LogP contribution in [0.1, 0.15) is 36.2 Å². The van der Waals surface area contributed by atoms with Gasteiger partial charge < -0.3 is 14.5 Å². The van der Waals surface area contributed by atoms with Gasteiger partial charge in [-0.1, -0.05) is 0 Å². The van der Waals surface area contributed by atoms with Crippen molar-refractivity contribution in [3.8, 4) is 11.5 Å². The highest BCUT2D eigenvalue weighted by Gasteiger charge is 2.48. The van der Waals surface area contributed by atoms with E-state index < -0.39 is 0 Å². The van der Waals surface area contributed by atoms with Gasteiger partial charge in [-0.05, 0) is 43.2 Å². The van der Waals surface area contributed by atoms with E-state index in [4.69, 9.17) is 9.15 Å². The number of ether oxygens (including phenoxy) is 1. The van der Waals surface area contributed by atoms with Gasteiger partial charge in [0.2, 0.25) is 0 Å². The van der Waals surface area contributed by atoms with Crippen LogP contribution in [0.5, 0.6) is 0 Å². The number of H-pyrrole nitrogens is 1. The highest BCUT2D eigenvalue weighted by atomic mass is 16.5. The molecule has 3 heterocycles. The summed E-state index contributed by atoms with van der Waals surface area (Å²) in [5.74, 6) is 0.556. The Morgan fingerprint density at radius 1 is 1.36 bits per heavy atom. The predicted octanol–water partition coefficient (Wildman–Crippen LogP) is 2.36. The smallest absolute Gasteiger partial charge is 0.272 e. The molecule has 2 aliphatic rings. The SMILES string of the molecule is O=C(NC1CCC12CCOCC2)c1cc(-c2ccco2)[nH]n1. The van der Waals surface area contributed by atoms with Gasteiger partial charge in [-0.25, -0.2) is 0 Å². The van der Waals surface area contributed by atoms with Crippen LogP contribution in [0, 0.1) is 5.41 Å². The van der Waals surface area contributed by atoms with E-state index in [1.165, 1.54) is 6.42 Å². The van der Waals surface area contributed by atoms with Crippen molar-refractivity contribution in [2.24, 2.45) is 5.41 Å². The minimum absolute atomic E-state index is 0.121. The van der Waals surface area contributed by atoms with E-state index in [2.05, 4.69) is 15.5 Å². The quantitative estimate of drug-likeness (QED) is 0.912. The zero-order valence-corrected chi connectivity index (χ0v) is 12.3. The average Bonchev–Trinajstić information content (AvgIpc) is 3.22. The number of carbonyl (C=O) groups is 1. The van der Waals surface area contributed by atoms with Gasteiger partial charge in [0.1, 0.15) is 5.69 Å². The maximum absolute atomic E-state index is 12.4. The molecule has 2 aromatic heterocycles. The largest absolute Gasteiger partial charge is 0.463 e. The molecule has 6 heteroatoms. The first kappa shape index (κ1) is 13.6. The van der Waals surface area contributed by atoms with E-state index in [0.717, 1.165) is 32.5 Å². The second-order valence-electron chi connectivity index (χ2n) is 6.18. The minimum Gasteiger partial charge on any atom is -0.463 e. The Kier molecular flexibility index (Phi) is 3.26. The fourth-order valence-corrected chi connectivity index (χ4v) is 3.53. The van der Waals surface area contributed by atoms with E-state index in [1.54, 1.807) is 18.4 Å². The first-order chi connectivity index (χ1) is 10.8. The highest BCUT2D eigenvalue weighted by Crippen LogP contribution is 2.48. The van der Waals surface area contributed by atoms with Crippen LogP contribution in [0.15, 0.2) is 28.9 Å². The van der Waals surface area contributed by atoms with Crippen molar-refractivity contribution in [1.29, 1.82) is 0 Å². The summed E-state index contributed by atoms with van der Waals surface area (Å²) in [6.45, 7) is 1.61. The Morgan fingerprint density at radius 2 is 2.23 bits per heavy atom. The van der Waals surface area contributed by atoms with Crippen LogP contribution in [0.4, 0.5) is 0 Å². The van der Waals surface area contributed by atoms with Crippen LogP contribution < -0.4 is 5.32 Å². The number of aromatic amines is 1. The van der Waals surface area contributed by atoms with Crippen molar-refractivity contribution in [2.45, 2.75) is 31.7 Å². The Labute approximate surface area is 128 Å². The van der Waals surface area contributed by atoms with E-state index in [9.17, 15) is 4.79 Å². The summed E-state index contributed by atoms with van der Waals surface area (Å²) in [6.07, 6.45) is 5.90. The number of nitrogens with zero attached hydrogens (tertiary/aromatic N) is 1. The molecule has 1 atom stereocenters. The number of hydrogen-bond donors (Lipinski definition) is 2. The van der Waals surface area contributed by atoms with Crippen LogP contribution in [0.2, 0.25) is 0 Å². The lowest BCUT2D eigenvalue weighted by molar-refractivity contribution is -0.0523. The molecular formula is C16H19N3O3. The zero-order chi connectivity index (χ0) is 15.0. The van der Waals surface area contributed by atoms with Gasteiger partial charge in [0.15, 0.2) is 11.5 Å². The number of hydrogen-bond acceptors (Lipinski definition) is 4. The lowest BCUT2D eigenvalue weighted by atomic mass is 9.60. The third-order valence-electron chi connectivity index (χ3n) is 5.06. The number of aromatic nitrogens is 2. The number of furan rings is 1. The first-order valence-electron chi connectivity index (χ1n) is 7.75. The summed E-state index contributed by atoms with van der Waals surface area (Å²) in [5, 5.41) is 10.1. The molecule has 0 aromatic carbocycles. The summed E-state index contributed by atoms with van der Waals surface area (Å²) in [4.78, 5) is 12.4. The van der Waals surface area contributed by atoms with Gasteiger partial charge in [0.25, 0.3) is 5.91 Å². The Hall–Kier alpha value is -2.08. The summed E-state index contributed by atoms with van der Waals surface area (Å²) in [5.41, 5.74) is 1.36. The van der Waals surface area contributed by atoms with Gasteiger partial charge >= 0.3 is 0 Å². The fourth-order valence-electron chi connectivity index (χ4n) is 3.53. The average molecular weight is 301 g/mol. The number of amides is 1. The van der Waals surface area contributed by atoms with Gasteiger partial charge in [-0.15, -0.1) is 0 Å². The molecule has 2 N–H and O–H groups in total. The summed E-state index contributed by atoms with van der Waals surface area (Å²) < 4.78 is 10.7. The van der Waals surface area contributed by atoms with Gasteiger partial charge in [-0.3, -0.25) is 9.89 Å². The first-order valence-corrected chi connectivity index (χ1v) is 7.75. The maximum Gasteiger partial charge on any atom is 0.272 e. The molecule has 0 bridgehead atoms. The molecule has 0 radical (unpaired) electrons. The monoisotopic (exact) mass is 301 g/mol. The number of nitrogens with one attached hydrogen (secondary N) is 2. The minimum atomic E-state index is -0.121. The van der Waals surface area contributed by atoms with E-state index in [0.29, 0.717) is 17.1 Å². The molecule has 1 aliphatic carbocycles. The lowest BCUT2D eigenvalue weighted by Crippen LogP contribution is -2.57. The summed E-state index contributed by atoms with van der Waals surface area (Å²) >= 11 is 0. The zero-order valence-electron chi connectivity index (χ0n) is 12.3. The van der Waals surface area contributed by atoms with Crippen LogP contribution in [0.25, 0.3) is 11.5 Å². The van der Waals surface area contributed by atoms with Gasteiger partial charge in [0, 0.05) is 25.3 Å². The van der Waals surface area contributed by atoms with E-state index in [1.807, 2.05) is 6.07 Å². The van der Waals surface area contributed by atoms with E-state index >= 15 is 0 Å². The third kappa shape index (κ3) is 2.23. The Morgan fingerprint density at radius 3 is 2.91 bits per heavy atom. The molecule has 1 amide bonds. The van der Waals surface area contributed by atoms with Crippen molar-refractivity contribution in [3.63, 3.8) is 0 Å². The van der Waals surface area contributed by atoms with Crippen LogP contribution in [0.3, 0.4) is 0 Å². The maximum atomic E-state index is 12.4. The van der Waals surface area contributed by atoms with Crippen molar-refractivity contribution in [3.05, 3.63) is 30.2 Å². The Bertz CT molecular complexity index is 656. The van der Waals surface area contributed by atoms with Crippen molar-refractivity contribution >= 4 is 5.91 Å². The molecule has 4 rings (SSSR count). The molecule has 1 saturated heterocycles. The number of carbonyl (C=O) groups excluding carboxylic acids is 1. The van der Waals surface area contributed by atoms with Crippen molar-refractivity contribution in [1.82, 2.24) is 15.5 Å². The van der Waals surface area contributed by atoms with Crippen molar-refractivity contribution in [2.75, 3.05) is 13.2 Å². The topological polar surface area (TPSA) is 80.1 Å². The molecule has 6 nitrogen and oxygen atoms in total.